The predicted octanol–water partition coefficient (Wildman–Crippen LogP) is 3.08. The van der Waals surface area contributed by atoms with Gasteiger partial charge in [-0.25, -0.2) is 0 Å². The van der Waals surface area contributed by atoms with Gasteiger partial charge in [0.15, 0.2) is 0 Å². The van der Waals surface area contributed by atoms with Crippen LogP contribution in [-0.2, 0) is 4.74 Å². The third-order valence-electron chi connectivity index (χ3n) is 3.64. The molecule has 19 heavy (non-hydrogen) atoms. The summed E-state index contributed by atoms with van der Waals surface area (Å²) in [5.41, 5.74) is 0.116. The molecule has 2 rings (SSSR count). The molecule has 0 N–H and O–H groups in total. The molecule has 0 spiro atoms. The van der Waals surface area contributed by atoms with E-state index in [0.717, 1.165) is 38.6 Å². The van der Waals surface area contributed by atoms with E-state index in [0.29, 0.717) is 11.6 Å². The zero-order chi connectivity index (χ0) is 13.7. The van der Waals surface area contributed by atoms with Gasteiger partial charge in [-0.3, -0.25) is 0 Å². The van der Waals surface area contributed by atoms with Crippen LogP contribution >= 0.6 is 11.6 Å². The maximum Gasteiger partial charge on any atom is 0.137 e. The van der Waals surface area contributed by atoms with Gasteiger partial charge in [-0.05, 0) is 25.2 Å². The van der Waals surface area contributed by atoms with Crippen LogP contribution in [0, 0.1) is 5.41 Å². The Balaban J connectivity index is 1.94. The van der Waals surface area contributed by atoms with E-state index in [1.165, 1.54) is 0 Å². The second-order valence-electron chi connectivity index (χ2n) is 5.17. The van der Waals surface area contributed by atoms with Crippen LogP contribution in [-0.4, -0.2) is 44.4 Å². The molecule has 0 atom stereocenters. The normalized spacial score (nSPS) is 17.3. The first-order chi connectivity index (χ1) is 9.19. The molecule has 0 amide bonds. The van der Waals surface area contributed by atoms with Gasteiger partial charge in [-0.2, -0.15) is 0 Å². The molecule has 1 fully saturated rings. The van der Waals surface area contributed by atoms with Crippen LogP contribution in [0.2, 0.25) is 5.02 Å². The van der Waals surface area contributed by atoms with Gasteiger partial charge in [-0.1, -0.05) is 37.6 Å². The summed E-state index contributed by atoms with van der Waals surface area (Å²) in [6, 6.07) is 7.61. The van der Waals surface area contributed by atoms with Crippen LogP contribution in [0.1, 0.15) is 13.8 Å². The van der Waals surface area contributed by atoms with Gasteiger partial charge >= 0.3 is 0 Å². The van der Waals surface area contributed by atoms with Crippen LogP contribution < -0.4 is 4.74 Å². The maximum absolute atomic E-state index is 6.11. The van der Waals surface area contributed by atoms with Gasteiger partial charge in [0.25, 0.3) is 0 Å². The molecule has 1 aromatic carbocycles. The van der Waals surface area contributed by atoms with E-state index in [9.17, 15) is 0 Å². The van der Waals surface area contributed by atoms with Crippen LogP contribution in [0.4, 0.5) is 0 Å². The zero-order valence-corrected chi connectivity index (χ0v) is 12.4. The van der Waals surface area contributed by atoms with Crippen molar-refractivity contribution in [1.29, 1.82) is 0 Å². The Bertz CT molecular complexity index is 403. The van der Waals surface area contributed by atoms with Crippen molar-refractivity contribution in [1.82, 2.24) is 4.90 Å². The van der Waals surface area contributed by atoms with Crippen molar-refractivity contribution in [3.63, 3.8) is 0 Å². The summed E-state index contributed by atoms with van der Waals surface area (Å²) in [4.78, 5) is 2.42. The molecule has 0 aromatic heterocycles. The van der Waals surface area contributed by atoms with Gasteiger partial charge in [-0.15, -0.1) is 0 Å². The van der Waals surface area contributed by atoms with Crippen molar-refractivity contribution in [3.8, 4) is 5.75 Å². The maximum atomic E-state index is 6.11. The van der Waals surface area contributed by atoms with Crippen LogP contribution in [0.5, 0.6) is 5.75 Å². The first-order valence-electron chi connectivity index (χ1n) is 6.86. The van der Waals surface area contributed by atoms with Crippen molar-refractivity contribution in [2.24, 2.45) is 5.41 Å². The topological polar surface area (TPSA) is 21.7 Å². The van der Waals surface area contributed by atoms with E-state index in [1.807, 2.05) is 24.3 Å². The molecule has 0 saturated carbocycles. The fourth-order valence-corrected chi connectivity index (χ4v) is 2.52. The molecular formula is C15H22ClNO2. The molecule has 4 heteroatoms. The number of nitrogens with zero attached hydrogens (tertiary/aromatic N) is 1. The van der Waals surface area contributed by atoms with Crippen LogP contribution in [0.25, 0.3) is 0 Å². The molecule has 0 radical (unpaired) electrons. The average molecular weight is 284 g/mol. The van der Waals surface area contributed by atoms with E-state index in [-0.39, 0.29) is 5.41 Å². The second kappa shape index (κ2) is 6.60. The van der Waals surface area contributed by atoms with E-state index in [2.05, 4.69) is 18.7 Å². The molecule has 1 aromatic rings. The van der Waals surface area contributed by atoms with Crippen LogP contribution in [0.3, 0.4) is 0 Å². The molecule has 0 unspecified atom stereocenters. The van der Waals surface area contributed by atoms with E-state index < -0.39 is 0 Å². The SMILES string of the molecule is CCN(CC)CC1(COc2ccccc2Cl)COC1. The van der Waals surface area contributed by atoms with Gasteiger partial charge in [0.2, 0.25) is 0 Å². The number of ether oxygens (including phenoxy) is 2. The summed E-state index contributed by atoms with van der Waals surface area (Å²) in [7, 11) is 0. The highest BCUT2D eigenvalue weighted by Crippen LogP contribution is 2.31. The number of hydrogen-bond acceptors (Lipinski definition) is 3. The third-order valence-corrected chi connectivity index (χ3v) is 3.95. The Labute approximate surface area is 120 Å². The lowest BCUT2D eigenvalue weighted by Crippen LogP contribution is -2.54. The summed E-state index contributed by atoms with van der Waals surface area (Å²) in [5.74, 6) is 0.759. The molecule has 1 aliphatic rings. The minimum atomic E-state index is 0.116. The van der Waals surface area contributed by atoms with E-state index in [4.69, 9.17) is 21.1 Å². The first kappa shape index (κ1) is 14.6. The number of hydrogen-bond donors (Lipinski definition) is 0. The number of rotatable bonds is 7. The molecule has 1 aliphatic heterocycles. The summed E-state index contributed by atoms with van der Waals surface area (Å²) in [6.45, 7) is 9.71. The third kappa shape index (κ3) is 3.62. The highest BCUT2D eigenvalue weighted by molar-refractivity contribution is 6.32. The van der Waals surface area contributed by atoms with Gasteiger partial charge < -0.3 is 14.4 Å². The average Bonchev–Trinajstić information content (AvgIpc) is 2.39. The number of para-hydroxylation sites is 1. The Morgan fingerprint density at radius 1 is 1.26 bits per heavy atom. The highest BCUT2D eigenvalue weighted by atomic mass is 35.5. The summed E-state index contributed by atoms with van der Waals surface area (Å²) < 4.78 is 11.3. The lowest BCUT2D eigenvalue weighted by molar-refractivity contribution is -0.143. The van der Waals surface area contributed by atoms with Crippen molar-refractivity contribution in [2.45, 2.75) is 13.8 Å². The molecule has 0 bridgehead atoms. The quantitative estimate of drug-likeness (QED) is 0.768. The molecule has 3 nitrogen and oxygen atoms in total. The van der Waals surface area contributed by atoms with Gasteiger partial charge in [0.1, 0.15) is 5.75 Å². The Morgan fingerprint density at radius 2 is 1.95 bits per heavy atom. The Morgan fingerprint density at radius 3 is 2.47 bits per heavy atom. The Kier molecular flexibility index (Phi) is 5.08. The number of halogens is 1. The lowest BCUT2D eigenvalue weighted by atomic mass is 9.86. The summed E-state index contributed by atoms with van der Waals surface area (Å²) in [5, 5.41) is 0.667. The van der Waals surface area contributed by atoms with Crippen molar-refractivity contribution in [2.75, 3.05) is 39.5 Å². The fourth-order valence-electron chi connectivity index (χ4n) is 2.33. The Hall–Kier alpha value is -0.770. The number of benzene rings is 1. The molecule has 106 valence electrons. The van der Waals surface area contributed by atoms with Crippen LogP contribution in [0.15, 0.2) is 24.3 Å². The second-order valence-corrected chi connectivity index (χ2v) is 5.58. The fraction of sp³-hybridized carbons (Fsp3) is 0.600. The molecule has 0 aliphatic carbocycles. The van der Waals surface area contributed by atoms with E-state index >= 15 is 0 Å². The van der Waals surface area contributed by atoms with E-state index in [1.54, 1.807) is 0 Å². The lowest BCUT2D eigenvalue weighted by Gasteiger charge is -2.43. The molecular weight excluding hydrogens is 262 g/mol. The molecule has 1 saturated heterocycles. The van der Waals surface area contributed by atoms with Gasteiger partial charge in [0, 0.05) is 6.54 Å². The van der Waals surface area contributed by atoms with Crippen molar-refractivity contribution in [3.05, 3.63) is 29.3 Å². The largest absolute Gasteiger partial charge is 0.491 e. The predicted molar refractivity (Wildman–Crippen MR) is 78.0 cm³/mol. The highest BCUT2D eigenvalue weighted by Gasteiger charge is 2.40. The monoisotopic (exact) mass is 283 g/mol. The van der Waals surface area contributed by atoms with Crippen molar-refractivity contribution < 1.29 is 9.47 Å². The van der Waals surface area contributed by atoms with Gasteiger partial charge in [0.05, 0.1) is 30.3 Å². The smallest absolute Gasteiger partial charge is 0.137 e. The minimum absolute atomic E-state index is 0.116. The molecule has 1 heterocycles. The standard InChI is InChI=1S/C15H22ClNO2/c1-3-17(4-2)9-15(10-18-11-15)12-19-14-8-6-5-7-13(14)16/h5-8H,3-4,9-12H2,1-2H3. The minimum Gasteiger partial charge on any atom is -0.491 e. The zero-order valence-electron chi connectivity index (χ0n) is 11.7. The first-order valence-corrected chi connectivity index (χ1v) is 7.24. The summed E-state index contributed by atoms with van der Waals surface area (Å²) in [6.07, 6.45) is 0. The van der Waals surface area contributed by atoms with Crippen molar-refractivity contribution >= 4 is 11.6 Å². The summed E-state index contributed by atoms with van der Waals surface area (Å²) >= 11 is 6.11.